The van der Waals surface area contributed by atoms with Crippen molar-refractivity contribution in [2.75, 3.05) is 33.5 Å². The molecule has 1 aliphatic heterocycles. The molecule has 0 saturated carbocycles. The second-order valence-corrected chi connectivity index (χ2v) is 4.68. The lowest BCUT2D eigenvalue weighted by Crippen LogP contribution is -2.26. The van der Waals surface area contributed by atoms with E-state index >= 15 is 0 Å². The minimum atomic E-state index is -0.395. The molecule has 0 aromatic heterocycles. The van der Waals surface area contributed by atoms with Gasteiger partial charge in [0.2, 0.25) is 0 Å². The fourth-order valence-corrected chi connectivity index (χ4v) is 1.98. The molecule has 0 atom stereocenters. The van der Waals surface area contributed by atoms with Gasteiger partial charge in [-0.05, 0) is 30.2 Å². The van der Waals surface area contributed by atoms with Crippen LogP contribution in [0.1, 0.15) is 12.0 Å². The Kier molecular flexibility index (Phi) is 5.81. The number of benzene rings is 1. The second-order valence-electron chi connectivity index (χ2n) is 4.68. The zero-order chi connectivity index (χ0) is 15.8. The van der Waals surface area contributed by atoms with Gasteiger partial charge in [0.05, 0.1) is 0 Å². The van der Waals surface area contributed by atoms with Crippen molar-refractivity contribution in [3.05, 3.63) is 29.3 Å². The molecule has 1 N–H and O–H groups in total. The summed E-state index contributed by atoms with van der Waals surface area (Å²) in [5.41, 5.74) is 0.766. The number of carbonyl (C=O) groups is 1. The van der Waals surface area contributed by atoms with Crippen LogP contribution in [-0.2, 0) is 9.53 Å². The number of ether oxygens (including phenoxy) is 3. The number of hydrogen-bond donors (Lipinski definition) is 1. The van der Waals surface area contributed by atoms with Crippen LogP contribution < -0.4 is 14.8 Å². The lowest BCUT2D eigenvalue weighted by atomic mass is 10.1. The summed E-state index contributed by atoms with van der Waals surface area (Å²) in [4.78, 5) is 11.9. The average molecular weight is 302 g/mol. The van der Waals surface area contributed by atoms with Gasteiger partial charge in [-0.2, -0.15) is 5.26 Å². The molecule has 0 unspecified atom stereocenters. The van der Waals surface area contributed by atoms with Gasteiger partial charge in [-0.25, -0.2) is 0 Å². The summed E-state index contributed by atoms with van der Waals surface area (Å²) in [6, 6.07) is 7.22. The first kappa shape index (κ1) is 15.9. The quantitative estimate of drug-likeness (QED) is 0.489. The fourth-order valence-electron chi connectivity index (χ4n) is 1.98. The third-order valence-corrected chi connectivity index (χ3v) is 3.05. The van der Waals surface area contributed by atoms with Gasteiger partial charge in [-0.1, -0.05) is 6.07 Å². The van der Waals surface area contributed by atoms with Gasteiger partial charge >= 0.3 is 0 Å². The first-order valence-electron chi connectivity index (χ1n) is 7.03. The largest absolute Gasteiger partial charge is 0.486 e. The molecule has 6 nitrogen and oxygen atoms in total. The molecule has 0 spiro atoms. The van der Waals surface area contributed by atoms with Gasteiger partial charge in [0, 0.05) is 20.3 Å². The summed E-state index contributed by atoms with van der Waals surface area (Å²) in [7, 11) is 1.60. The lowest BCUT2D eigenvalue weighted by molar-refractivity contribution is -0.117. The van der Waals surface area contributed by atoms with Crippen LogP contribution in [0.4, 0.5) is 0 Å². The van der Waals surface area contributed by atoms with E-state index in [1.165, 1.54) is 6.08 Å². The highest BCUT2D eigenvalue weighted by molar-refractivity contribution is 6.01. The molecule has 0 radical (unpaired) electrons. The van der Waals surface area contributed by atoms with Crippen LogP contribution in [0.2, 0.25) is 0 Å². The van der Waals surface area contributed by atoms with E-state index in [1.807, 2.05) is 6.07 Å². The number of hydrogen-bond acceptors (Lipinski definition) is 5. The van der Waals surface area contributed by atoms with Gasteiger partial charge < -0.3 is 19.5 Å². The molecule has 1 amide bonds. The molecule has 2 rings (SSSR count). The van der Waals surface area contributed by atoms with E-state index in [-0.39, 0.29) is 5.57 Å². The van der Waals surface area contributed by atoms with Crippen molar-refractivity contribution < 1.29 is 19.0 Å². The number of rotatable bonds is 6. The van der Waals surface area contributed by atoms with Gasteiger partial charge in [0.1, 0.15) is 24.9 Å². The third-order valence-electron chi connectivity index (χ3n) is 3.05. The van der Waals surface area contributed by atoms with Crippen LogP contribution in [0.15, 0.2) is 23.8 Å². The molecule has 6 heteroatoms. The average Bonchev–Trinajstić information content (AvgIpc) is 2.56. The summed E-state index contributed by atoms with van der Waals surface area (Å²) < 4.78 is 15.8. The molecule has 0 saturated heterocycles. The Hall–Kier alpha value is -2.52. The number of nitrogens with zero attached hydrogens (tertiary/aromatic N) is 1. The summed E-state index contributed by atoms with van der Waals surface area (Å²) in [5, 5.41) is 11.8. The molecule has 1 aromatic carbocycles. The smallest absolute Gasteiger partial charge is 0.261 e. The molecule has 1 heterocycles. The number of amides is 1. The van der Waals surface area contributed by atoms with Gasteiger partial charge in [-0.15, -0.1) is 0 Å². The van der Waals surface area contributed by atoms with Crippen LogP contribution in [-0.4, -0.2) is 39.4 Å². The van der Waals surface area contributed by atoms with Crippen molar-refractivity contribution in [1.82, 2.24) is 5.32 Å². The fraction of sp³-hybridized carbons (Fsp3) is 0.375. The Morgan fingerprint density at radius 1 is 1.41 bits per heavy atom. The highest BCUT2D eigenvalue weighted by Crippen LogP contribution is 2.31. The van der Waals surface area contributed by atoms with E-state index in [2.05, 4.69) is 5.32 Å². The predicted molar refractivity (Wildman–Crippen MR) is 80.5 cm³/mol. The SMILES string of the molecule is COCCCNC(=O)/C(C#N)=C/c1ccc2c(c1)OCCO2. The summed E-state index contributed by atoms with van der Waals surface area (Å²) in [5.74, 6) is 0.900. The molecule has 116 valence electrons. The molecule has 22 heavy (non-hydrogen) atoms. The van der Waals surface area contributed by atoms with Gasteiger partial charge in [0.15, 0.2) is 11.5 Å². The topological polar surface area (TPSA) is 80.6 Å². The van der Waals surface area contributed by atoms with Gasteiger partial charge in [-0.3, -0.25) is 4.79 Å². The lowest BCUT2D eigenvalue weighted by Gasteiger charge is -2.18. The molecule has 1 aliphatic rings. The zero-order valence-corrected chi connectivity index (χ0v) is 12.4. The van der Waals surface area contributed by atoms with Crippen molar-refractivity contribution in [3.63, 3.8) is 0 Å². The van der Waals surface area contributed by atoms with Gasteiger partial charge in [0.25, 0.3) is 5.91 Å². The van der Waals surface area contributed by atoms with E-state index in [1.54, 1.807) is 25.3 Å². The minimum Gasteiger partial charge on any atom is -0.486 e. The summed E-state index contributed by atoms with van der Waals surface area (Å²) in [6.07, 6.45) is 2.23. The maximum atomic E-state index is 11.9. The number of nitriles is 1. The van der Waals surface area contributed by atoms with E-state index < -0.39 is 5.91 Å². The monoisotopic (exact) mass is 302 g/mol. The Morgan fingerprint density at radius 2 is 2.18 bits per heavy atom. The standard InChI is InChI=1S/C16H18N2O4/c1-20-6-2-5-18-16(19)13(11-17)9-12-3-4-14-15(10-12)22-8-7-21-14/h3-4,9-10H,2,5-8H2,1H3,(H,18,19)/b13-9+. The molecular formula is C16H18N2O4. The molecule has 1 aromatic rings. The minimum absolute atomic E-state index is 0.0501. The van der Waals surface area contributed by atoms with Crippen LogP contribution in [0.3, 0.4) is 0 Å². The van der Waals surface area contributed by atoms with Crippen molar-refractivity contribution in [2.24, 2.45) is 0 Å². The maximum Gasteiger partial charge on any atom is 0.261 e. The molecule has 0 fully saturated rings. The van der Waals surface area contributed by atoms with Crippen molar-refractivity contribution >= 4 is 12.0 Å². The highest BCUT2D eigenvalue weighted by atomic mass is 16.6. The van der Waals surface area contributed by atoms with Crippen molar-refractivity contribution in [3.8, 4) is 17.6 Å². The number of carbonyl (C=O) groups excluding carboxylic acids is 1. The maximum absolute atomic E-state index is 11.9. The second kappa shape index (κ2) is 8.05. The Labute approximate surface area is 129 Å². The summed E-state index contributed by atoms with van der Waals surface area (Å²) in [6.45, 7) is 2.04. The molecular weight excluding hydrogens is 284 g/mol. The number of methoxy groups -OCH3 is 1. The Balaban J connectivity index is 2.05. The first-order chi connectivity index (χ1) is 10.7. The van der Waals surface area contributed by atoms with Crippen LogP contribution >= 0.6 is 0 Å². The molecule has 0 bridgehead atoms. The highest BCUT2D eigenvalue weighted by Gasteiger charge is 2.13. The van der Waals surface area contributed by atoms with Crippen molar-refractivity contribution in [1.29, 1.82) is 5.26 Å². The van der Waals surface area contributed by atoms with E-state index in [0.29, 0.717) is 49.8 Å². The van der Waals surface area contributed by atoms with E-state index in [0.717, 1.165) is 0 Å². The third kappa shape index (κ3) is 4.24. The van der Waals surface area contributed by atoms with E-state index in [9.17, 15) is 4.79 Å². The Bertz CT molecular complexity index is 605. The zero-order valence-electron chi connectivity index (χ0n) is 12.4. The van der Waals surface area contributed by atoms with Crippen LogP contribution in [0.5, 0.6) is 11.5 Å². The van der Waals surface area contributed by atoms with Crippen LogP contribution in [0, 0.1) is 11.3 Å². The summed E-state index contributed by atoms with van der Waals surface area (Å²) >= 11 is 0. The van der Waals surface area contributed by atoms with E-state index in [4.69, 9.17) is 19.5 Å². The first-order valence-corrected chi connectivity index (χ1v) is 7.03. The van der Waals surface area contributed by atoms with Crippen molar-refractivity contribution in [2.45, 2.75) is 6.42 Å². The number of fused-ring (bicyclic) bond motifs is 1. The normalized spacial score (nSPS) is 13.4. The number of nitrogens with one attached hydrogen (secondary N) is 1. The predicted octanol–water partition coefficient (Wildman–Crippen LogP) is 1.52. The Morgan fingerprint density at radius 3 is 2.91 bits per heavy atom. The molecule has 0 aliphatic carbocycles. The van der Waals surface area contributed by atoms with Crippen LogP contribution in [0.25, 0.3) is 6.08 Å².